The molecule has 25 heavy (non-hydrogen) atoms. The van der Waals surface area contributed by atoms with E-state index in [0.717, 1.165) is 49.8 Å². The van der Waals surface area contributed by atoms with Gasteiger partial charge in [-0.05, 0) is 55.0 Å². The zero-order valence-corrected chi connectivity index (χ0v) is 15.0. The van der Waals surface area contributed by atoms with E-state index in [9.17, 15) is 9.90 Å². The van der Waals surface area contributed by atoms with Crippen molar-refractivity contribution in [3.63, 3.8) is 0 Å². The molecule has 4 heteroatoms. The summed E-state index contributed by atoms with van der Waals surface area (Å²) < 4.78 is 10.3. The molecule has 2 aromatic rings. The molecule has 2 rings (SSSR count). The second kappa shape index (κ2) is 9.72. The Labute approximate surface area is 149 Å². The van der Waals surface area contributed by atoms with Crippen LogP contribution < -0.4 is 9.47 Å². The van der Waals surface area contributed by atoms with E-state index in [1.165, 1.54) is 12.7 Å². The van der Waals surface area contributed by atoms with Gasteiger partial charge in [0.1, 0.15) is 17.1 Å². The summed E-state index contributed by atoms with van der Waals surface area (Å²) in [5.41, 5.74) is 2.46. The molecule has 2 aromatic carbocycles. The molecule has 0 fully saturated rings. The molecule has 134 valence electrons. The van der Waals surface area contributed by atoms with Crippen LogP contribution in [0.4, 0.5) is 0 Å². The first-order chi connectivity index (χ1) is 12.2. The number of benzene rings is 2. The van der Waals surface area contributed by atoms with Crippen molar-refractivity contribution in [3.8, 4) is 11.5 Å². The van der Waals surface area contributed by atoms with E-state index in [1.807, 2.05) is 24.3 Å². The molecule has 4 nitrogen and oxygen atoms in total. The van der Waals surface area contributed by atoms with E-state index in [1.54, 1.807) is 13.2 Å². The molecule has 0 radical (unpaired) electrons. The van der Waals surface area contributed by atoms with Crippen molar-refractivity contribution in [2.24, 2.45) is 0 Å². The Morgan fingerprint density at radius 2 is 1.56 bits per heavy atom. The van der Waals surface area contributed by atoms with E-state index in [2.05, 4.69) is 12.1 Å². The van der Waals surface area contributed by atoms with Gasteiger partial charge in [-0.3, -0.25) is 0 Å². The Hall–Kier alpha value is -2.49. The number of aryl methyl sites for hydroxylation is 2. The minimum atomic E-state index is -0.924. The van der Waals surface area contributed by atoms with Crippen molar-refractivity contribution in [2.45, 2.75) is 38.5 Å². The van der Waals surface area contributed by atoms with E-state index < -0.39 is 5.97 Å². The lowest BCUT2D eigenvalue weighted by molar-refractivity contribution is 0.0692. The summed E-state index contributed by atoms with van der Waals surface area (Å²) in [6.45, 7) is 0. The Balaban J connectivity index is 1.75. The van der Waals surface area contributed by atoms with Crippen LogP contribution in [0.5, 0.6) is 11.5 Å². The normalized spacial score (nSPS) is 10.5. The van der Waals surface area contributed by atoms with Crippen LogP contribution in [0.25, 0.3) is 0 Å². The number of carbonyl (C=O) groups is 1. The molecular formula is C21H26O4. The van der Waals surface area contributed by atoms with Crippen molar-refractivity contribution in [2.75, 3.05) is 14.2 Å². The molecule has 0 heterocycles. The number of methoxy groups -OCH3 is 2. The maximum atomic E-state index is 11.5. The van der Waals surface area contributed by atoms with Crippen LogP contribution in [0.2, 0.25) is 0 Å². The van der Waals surface area contributed by atoms with Crippen LogP contribution in [-0.4, -0.2) is 25.3 Å². The molecule has 0 saturated heterocycles. The molecular weight excluding hydrogens is 316 g/mol. The first kappa shape index (κ1) is 18.8. The lowest BCUT2D eigenvalue weighted by atomic mass is 9.99. The third-order valence-electron chi connectivity index (χ3n) is 4.37. The molecule has 0 saturated carbocycles. The first-order valence-corrected chi connectivity index (χ1v) is 8.67. The van der Waals surface area contributed by atoms with Crippen molar-refractivity contribution in [1.29, 1.82) is 0 Å². The van der Waals surface area contributed by atoms with Crippen molar-refractivity contribution in [3.05, 3.63) is 59.2 Å². The highest BCUT2D eigenvalue weighted by Crippen LogP contribution is 2.24. The van der Waals surface area contributed by atoms with Crippen LogP contribution in [0.15, 0.2) is 42.5 Å². The van der Waals surface area contributed by atoms with Gasteiger partial charge in [0.25, 0.3) is 0 Å². The summed E-state index contributed by atoms with van der Waals surface area (Å²) >= 11 is 0. The summed E-state index contributed by atoms with van der Waals surface area (Å²) in [5, 5.41) is 9.39. The van der Waals surface area contributed by atoms with Gasteiger partial charge in [0, 0.05) is 0 Å². The second-order valence-electron chi connectivity index (χ2n) is 6.06. The number of ether oxygens (including phenoxy) is 2. The predicted molar refractivity (Wildman–Crippen MR) is 98.8 cm³/mol. The van der Waals surface area contributed by atoms with Crippen molar-refractivity contribution in [1.82, 2.24) is 0 Å². The molecule has 0 spiro atoms. The number of carboxylic acid groups (broad SMARTS) is 1. The Kier molecular flexibility index (Phi) is 7.33. The first-order valence-electron chi connectivity index (χ1n) is 8.67. The van der Waals surface area contributed by atoms with Crippen LogP contribution in [0.3, 0.4) is 0 Å². The van der Waals surface area contributed by atoms with E-state index in [0.29, 0.717) is 11.3 Å². The highest BCUT2D eigenvalue weighted by atomic mass is 16.5. The van der Waals surface area contributed by atoms with Crippen molar-refractivity contribution < 1.29 is 19.4 Å². The summed E-state index contributed by atoms with van der Waals surface area (Å²) in [7, 11) is 3.18. The minimum Gasteiger partial charge on any atom is -0.497 e. The number of carboxylic acids is 1. The Bertz CT molecular complexity index is 677. The SMILES string of the molecule is COc1ccc(CCCCCCc2cccc(OC)c2C(=O)O)cc1. The molecule has 0 unspecified atom stereocenters. The van der Waals surface area contributed by atoms with Gasteiger partial charge in [0.15, 0.2) is 0 Å². The van der Waals surface area contributed by atoms with Gasteiger partial charge in [-0.1, -0.05) is 37.1 Å². The molecule has 0 aromatic heterocycles. The molecule has 0 aliphatic rings. The quantitative estimate of drug-likeness (QED) is 0.633. The average Bonchev–Trinajstić information content (AvgIpc) is 2.64. The van der Waals surface area contributed by atoms with Crippen LogP contribution >= 0.6 is 0 Å². The van der Waals surface area contributed by atoms with Gasteiger partial charge in [-0.15, -0.1) is 0 Å². The van der Waals surface area contributed by atoms with Crippen LogP contribution in [0.1, 0.15) is 47.2 Å². The minimum absolute atomic E-state index is 0.295. The van der Waals surface area contributed by atoms with Gasteiger partial charge in [-0.25, -0.2) is 4.79 Å². The summed E-state index contributed by atoms with van der Waals surface area (Å²) in [6, 6.07) is 13.6. The highest BCUT2D eigenvalue weighted by molar-refractivity contribution is 5.92. The molecule has 0 aliphatic heterocycles. The number of hydrogen-bond acceptors (Lipinski definition) is 3. The lowest BCUT2D eigenvalue weighted by Crippen LogP contribution is -2.05. The molecule has 0 amide bonds. The van der Waals surface area contributed by atoms with E-state index >= 15 is 0 Å². The maximum Gasteiger partial charge on any atom is 0.339 e. The average molecular weight is 342 g/mol. The highest BCUT2D eigenvalue weighted by Gasteiger charge is 2.15. The molecule has 1 N–H and O–H groups in total. The second-order valence-corrected chi connectivity index (χ2v) is 6.06. The summed E-state index contributed by atoms with van der Waals surface area (Å²) in [5.74, 6) is 0.396. The zero-order chi connectivity index (χ0) is 18.1. The van der Waals surface area contributed by atoms with Gasteiger partial charge < -0.3 is 14.6 Å². The van der Waals surface area contributed by atoms with Gasteiger partial charge >= 0.3 is 5.97 Å². The Morgan fingerprint density at radius 3 is 2.16 bits per heavy atom. The predicted octanol–water partition coefficient (Wildman–Crippen LogP) is 4.75. The number of rotatable bonds is 10. The summed E-state index contributed by atoms with van der Waals surface area (Å²) in [4.78, 5) is 11.5. The maximum absolute atomic E-state index is 11.5. The standard InChI is InChI=1S/C21H26O4/c1-24-18-14-12-16(13-15-18)8-5-3-4-6-9-17-10-7-11-19(25-2)20(17)21(22)23/h7,10-15H,3-6,8-9H2,1-2H3,(H,22,23). The molecule has 0 atom stereocenters. The monoisotopic (exact) mass is 342 g/mol. The van der Waals surface area contributed by atoms with Gasteiger partial charge in [0.2, 0.25) is 0 Å². The smallest absolute Gasteiger partial charge is 0.339 e. The summed E-state index contributed by atoms with van der Waals surface area (Å²) in [6.07, 6.45) is 6.17. The zero-order valence-electron chi connectivity index (χ0n) is 15.0. The van der Waals surface area contributed by atoms with E-state index in [-0.39, 0.29) is 0 Å². The molecule has 0 aliphatic carbocycles. The number of unbranched alkanes of at least 4 members (excludes halogenated alkanes) is 3. The van der Waals surface area contributed by atoms with Crippen LogP contribution in [0, 0.1) is 0 Å². The third-order valence-corrected chi connectivity index (χ3v) is 4.37. The van der Waals surface area contributed by atoms with Crippen LogP contribution in [-0.2, 0) is 12.8 Å². The lowest BCUT2D eigenvalue weighted by Gasteiger charge is -2.10. The fourth-order valence-corrected chi connectivity index (χ4v) is 2.99. The largest absolute Gasteiger partial charge is 0.497 e. The third kappa shape index (κ3) is 5.52. The number of hydrogen-bond donors (Lipinski definition) is 1. The van der Waals surface area contributed by atoms with Crippen molar-refractivity contribution >= 4 is 5.97 Å². The Morgan fingerprint density at radius 1 is 0.880 bits per heavy atom. The fraction of sp³-hybridized carbons (Fsp3) is 0.381. The van der Waals surface area contributed by atoms with Gasteiger partial charge in [0.05, 0.1) is 14.2 Å². The van der Waals surface area contributed by atoms with E-state index in [4.69, 9.17) is 9.47 Å². The fourth-order valence-electron chi connectivity index (χ4n) is 2.99. The number of aromatic carboxylic acids is 1. The topological polar surface area (TPSA) is 55.8 Å². The van der Waals surface area contributed by atoms with Gasteiger partial charge in [-0.2, -0.15) is 0 Å². The molecule has 0 bridgehead atoms.